The maximum Gasteiger partial charge on any atom is 3.00 e. The van der Waals surface area contributed by atoms with Crippen molar-refractivity contribution in [3.8, 4) is 0 Å². The molecule has 0 fully saturated rings. The number of rotatable bonds is 0. The molecule has 0 N–H and O–H groups in total. The fourth-order valence-electron chi connectivity index (χ4n) is 0.385. The van der Waals surface area contributed by atoms with E-state index in [1.165, 1.54) is 0 Å². The third kappa shape index (κ3) is 11.5. The van der Waals surface area contributed by atoms with Gasteiger partial charge in [0.05, 0.1) is 0 Å². The Morgan fingerprint density at radius 1 is 0.400 bits per heavy atom. The summed E-state index contributed by atoms with van der Waals surface area (Å²) in [6.07, 6.45) is 0. The molecule has 0 saturated heterocycles. The molecule has 4 heteroatoms. The average molecular weight is 286 g/mol. The molecule has 0 aliphatic heterocycles. The molecule has 0 bridgehead atoms. The van der Waals surface area contributed by atoms with Crippen molar-refractivity contribution >= 4 is 0 Å². The second kappa shape index (κ2) is 16.4. The van der Waals surface area contributed by atoms with Crippen LogP contribution in [0.4, 0.5) is 0 Å². The van der Waals surface area contributed by atoms with Gasteiger partial charge in [-0.05, 0) is 0 Å². The summed E-state index contributed by atoms with van der Waals surface area (Å²) in [4.78, 5) is 0. The largest absolute Gasteiger partial charge is 3.00 e. The minimum Gasteiger partial charge on any atom is -1.00 e. The Labute approximate surface area is 92.8 Å². The van der Waals surface area contributed by atoms with Gasteiger partial charge in [-0.3, -0.25) is 0 Å². The molecule has 0 nitrogen and oxygen atoms in total. The molecule has 0 heterocycles. The Balaban J connectivity index is -0.0000000450. The zero-order valence-corrected chi connectivity index (χ0v) is 8.96. The van der Waals surface area contributed by atoms with Crippen molar-refractivity contribution in [2.24, 2.45) is 0 Å². The van der Waals surface area contributed by atoms with E-state index in [4.69, 9.17) is 0 Å². The van der Waals surface area contributed by atoms with Crippen LogP contribution in [0.15, 0.2) is 36.4 Å². The first-order valence-corrected chi connectivity index (χ1v) is 2.00. The Hall–Kier alpha value is 0.713. The van der Waals surface area contributed by atoms with Crippen LogP contribution in [0.2, 0.25) is 0 Å². The molecule has 0 atom stereocenters. The molecule has 0 unspecified atom stereocenters. The van der Waals surface area contributed by atoms with Crippen LogP contribution >= 0.6 is 0 Å². The standard InChI is InChI=1S/C6H6.3ClH.Ru/c1-2-4-6-5-3-1;;;;/h1-6H;3*1H;/q;;;;+3/p-3. The number of halogens is 3. The third-order valence-electron chi connectivity index (χ3n) is 0.667. The van der Waals surface area contributed by atoms with Crippen LogP contribution in [0.1, 0.15) is 0 Å². The summed E-state index contributed by atoms with van der Waals surface area (Å²) in [5.74, 6) is 0. The van der Waals surface area contributed by atoms with Crippen molar-refractivity contribution in [3.63, 3.8) is 0 Å². The Morgan fingerprint density at radius 2 is 0.500 bits per heavy atom. The van der Waals surface area contributed by atoms with Crippen molar-refractivity contribution in [1.82, 2.24) is 0 Å². The summed E-state index contributed by atoms with van der Waals surface area (Å²) in [6, 6.07) is 12.0. The molecule has 0 amide bonds. The van der Waals surface area contributed by atoms with Crippen LogP contribution in [0.3, 0.4) is 0 Å². The Morgan fingerprint density at radius 3 is 0.600 bits per heavy atom. The van der Waals surface area contributed by atoms with Crippen molar-refractivity contribution in [2.45, 2.75) is 0 Å². The van der Waals surface area contributed by atoms with Gasteiger partial charge >= 0.3 is 19.5 Å². The van der Waals surface area contributed by atoms with Gasteiger partial charge < -0.3 is 37.2 Å². The fraction of sp³-hybridized carbons (Fsp3) is 0. The minimum absolute atomic E-state index is 0. The molecule has 0 aliphatic rings. The van der Waals surface area contributed by atoms with Crippen LogP contribution in [-0.4, -0.2) is 0 Å². The van der Waals surface area contributed by atoms with E-state index in [0.29, 0.717) is 0 Å². The molecule has 1 rings (SSSR count). The molecule has 0 saturated carbocycles. The van der Waals surface area contributed by atoms with Gasteiger partial charge in [-0.25, -0.2) is 0 Å². The van der Waals surface area contributed by atoms with Gasteiger partial charge in [-0.1, -0.05) is 36.4 Å². The number of hydrogen-bond donors (Lipinski definition) is 0. The maximum atomic E-state index is 2.00. The van der Waals surface area contributed by atoms with Gasteiger partial charge in [0.15, 0.2) is 0 Å². The van der Waals surface area contributed by atoms with Crippen LogP contribution < -0.4 is 37.2 Å². The zero-order valence-electron chi connectivity index (χ0n) is 4.95. The molecule has 59 valence electrons. The van der Waals surface area contributed by atoms with Crippen molar-refractivity contribution in [1.29, 1.82) is 0 Å². The Kier molecular flexibility index (Phi) is 36.7. The smallest absolute Gasteiger partial charge is 1.00 e. The summed E-state index contributed by atoms with van der Waals surface area (Å²) >= 11 is 0. The van der Waals surface area contributed by atoms with Crippen LogP contribution in [-0.2, 0) is 19.5 Å². The molecule has 10 heavy (non-hydrogen) atoms. The zero-order chi connectivity index (χ0) is 4.24. The van der Waals surface area contributed by atoms with Crippen LogP contribution in [0, 0.1) is 0 Å². The average Bonchev–Trinajstić information content (AvgIpc) is 1.72. The molecule has 0 aromatic heterocycles. The molecule has 1 aromatic rings. The van der Waals surface area contributed by atoms with Gasteiger partial charge in [0.25, 0.3) is 0 Å². The quantitative estimate of drug-likeness (QED) is 0.416. The Bertz CT molecular complexity index is 84.9. The fourth-order valence-corrected chi connectivity index (χ4v) is 0.385. The first kappa shape index (κ1) is 22.4. The predicted molar refractivity (Wildman–Crippen MR) is 26.4 cm³/mol. The van der Waals surface area contributed by atoms with Crippen molar-refractivity contribution in [3.05, 3.63) is 36.4 Å². The molecule has 1 aromatic carbocycles. The SMILES string of the molecule is [Cl-].[Cl-].[Cl-].[Ru+3].c1ccccc1. The van der Waals surface area contributed by atoms with Gasteiger partial charge in [-0.15, -0.1) is 0 Å². The van der Waals surface area contributed by atoms with E-state index in [2.05, 4.69) is 0 Å². The molecule has 0 aliphatic carbocycles. The predicted octanol–water partition coefficient (Wildman–Crippen LogP) is -7.30. The van der Waals surface area contributed by atoms with Gasteiger partial charge in [0.2, 0.25) is 0 Å². The maximum absolute atomic E-state index is 2.00. The first-order chi connectivity index (χ1) is 3.00. The summed E-state index contributed by atoms with van der Waals surface area (Å²) in [7, 11) is 0. The van der Waals surface area contributed by atoms with Gasteiger partial charge in [0, 0.05) is 0 Å². The van der Waals surface area contributed by atoms with Gasteiger partial charge in [0.1, 0.15) is 0 Å². The molecular formula is C6H6Cl3Ru. The topological polar surface area (TPSA) is 0 Å². The van der Waals surface area contributed by atoms with E-state index in [9.17, 15) is 0 Å². The molecule has 0 spiro atoms. The van der Waals surface area contributed by atoms with E-state index < -0.39 is 0 Å². The van der Waals surface area contributed by atoms with Crippen LogP contribution in [0.25, 0.3) is 0 Å². The van der Waals surface area contributed by atoms with E-state index in [-0.39, 0.29) is 56.7 Å². The van der Waals surface area contributed by atoms with E-state index in [1.807, 2.05) is 36.4 Å². The number of benzene rings is 1. The number of hydrogen-bond acceptors (Lipinski definition) is 0. The van der Waals surface area contributed by atoms with Crippen molar-refractivity contribution in [2.75, 3.05) is 0 Å². The normalized spacial score (nSPS) is 4.80. The summed E-state index contributed by atoms with van der Waals surface area (Å²) < 4.78 is 0. The summed E-state index contributed by atoms with van der Waals surface area (Å²) in [5, 5.41) is 0. The van der Waals surface area contributed by atoms with Crippen LogP contribution in [0.5, 0.6) is 0 Å². The third-order valence-corrected chi connectivity index (χ3v) is 0.667. The van der Waals surface area contributed by atoms with E-state index in [1.54, 1.807) is 0 Å². The second-order valence-corrected chi connectivity index (χ2v) is 1.15. The monoisotopic (exact) mass is 285 g/mol. The van der Waals surface area contributed by atoms with Gasteiger partial charge in [-0.2, -0.15) is 0 Å². The minimum atomic E-state index is 0. The first-order valence-electron chi connectivity index (χ1n) is 2.00. The second-order valence-electron chi connectivity index (χ2n) is 1.15. The molecule has 1 radical (unpaired) electrons. The summed E-state index contributed by atoms with van der Waals surface area (Å²) in [6.45, 7) is 0. The van der Waals surface area contributed by atoms with E-state index >= 15 is 0 Å². The summed E-state index contributed by atoms with van der Waals surface area (Å²) in [5.41, 5.74) is 0. The van der Waals surface area contributed by atoms with Crippen molar-refractivity contribution < 1.29 is 56.7 Å². The molecular weight excluding hydrogens is 279 g/mol. The van der Waals surface area contributed by atoms with E-state index in [0.717, 1.165) is 0 Å².